The molecule has 1 saturated heterocycles. The Morgan fingerprint density at radius 3 is 2.35 bits per heavy atom. The maximum Gasteiger partial charge on any atom is 0.242 e. The van der Waals surface area contributed by atoms with Gasteiger partial charge in [0.1, 0.15) is 23.1 Å². The van der Waals surface area contributed by atoms with Gasteiger partial charge in [-0.3, -0.25) is 14.6 Å². The van der Waals surface area contributed by atoms with Crippen LogP contribution in [0.3, 0.4) is 0 Å². The summed E-state index contributed by atoms with van der Waals surface area (Å²) in [6.07, 6.45) is 1.52. The molecule has 0 spiro atoms. The minimum Gasteiger partial charge on any atom is -0.456 e. The van der Waals surface area contributed by atoms with E-state index < -0.39 is 0 Å². The number of carbonyl (C=O) groups is 1. The molecule has 174 valence electrons. The third-order valence-electron chi connectivity index (χ3n) is 5.86. The number of hydrogen-bond donors (Lipinski definition) is 1. The van der Waals surface area contributed by atoms with Crippen LogP contribution >= 0.6 is 0 Å². The minimum atomic E-state index is -0.328. The molecule has 8 heteroatoms. The highest BCUT2D eigenvalue weighted by molar-refractivity contribution is 5.93. The highest BCUT2D eigenvalue weighted by atomic mass is 19.1. The van der Waals surface area contributed by atoms with Gasteiger partial charge >= 0.3 is 0 Å². The minimum absolute atomic E-state index is 0.111. The van der Waals surface area contributed by atoms with Gasteiger partial charge in [-0.1, -0.05) is 12.1 Å². The van der Waals surface area contributed by atoms with Crippen LogP contribution in [-0.4, -0.2) is 52.9 Å². The number of benzene rings is 2. The van der Waals surface area contributed by atoms with Gasteiger partial charge in [-0.05, 0) is 61.0 Å². The number of carbonyl (C=O) groups excluding carboxylic acids is 1. The normalized spacial score (nSPS) is 15.3. The van der Waals surface area contributed by atoms with Crippen LogP contribution in [0, 0.1) is 17.1 Å². The summed E-state index contributed by atoms with van der Waals surface area (Å²) in [6, 6.07) is 18.6. The summed E-state index contributed by atoms with van der Waals surface area (Å²) in [6.45, 7) is 6.05. The van der Waals surface area contributed by atoms with Crippen LogP contribution in [0.25, 0.3) is 0 Å². The van der Waals surface area contributed by atoms with E-state index >= 15 is 0 Å². The number of piperazine rings is 1. The van der Waals surface area contributed by atoms with E-state index in [2.05, 4.69) is 26.2 Å². The molecule has 0 aliphatic carbocycles. The van der Waals surface area contributed by atoms with Crippen molar-refractivity contribution in [1.82, 2.24) is 14.8 Å². The number of halogens is 1. The van der Waals surface area contributed by atoms with Gasteiger partial charge in [-0.15, -0.1) is 0 Å². The van der Waals surface area contributed by atoms with Gasteiger partial charge in [-0.25, -0.2) is 9.37 Å². The first-order valence-electron chi connectivity index (χ1n) is 11.2. The molecule has 1 aromatic heterocycles. The van der Waals surface area contributed by atoms with Crippen LogP contribution in [0.15, 0.2) is 66.9 Å². The Morgan fingerprint density at radius 2 is 1.74 bits per heavy atom. The van der Waals surface area contributed by atoms with Crippen molar-refractivity contribution in [2.24, 2.45) is 0 Å². The molecule has 1 unspecified atom stereocenters. The highest BCUT2D eigenvalue weighted by Gasteiger charge is 2.25. The van der Waals surface area contributed by atoms with Crippen molar-refractivity contribution in [3.63, 3.8) is 0 Å². The van der Waals surface area contributed by atoms with Crippen LogP contribution in [0.5, 0.6) is 11.5 Å². The largest absolute Gasteiger partial charge is 0.456 e. The Balaban J connectivity index is 1.24. The monoisotopic (exact) mass is 459 g/mol. The Hall–Kier alpha value is -3.80. The molecular weight excluding hydrogens is 433 g/mol. The molecule has 1 aliphatic rings. The van der Waals surface area contributed by atoms with Gasteiger partial charge in [-0.2, -0.15) is 5.26 Å². The number of anilines is 1. The molecule has 1 fully saturated rings. The molecule has 1 amide bonds. The van der Waals surface area contributed by atoms with Gasteiger partial charge < -0.3 is 10.1 Å². The number of nitrogens with zero attached hydrogens (tertiary/aromatic N) is 4. The van der Waals surface area contributed by atoms with Crippen LogP contribution in [-0.2, 0) is 11.3 Å². The lowest BCUT2D eigenvalue weighted by molar-refractivity contribution is -0.121. The first-order valence-corrected chi connectivity index (χ1v) is 11.2. The van der Waals surface area contributed by atoms with Crippen LogP contribution < -0.4 is 10.1 Å². The highest BCUT2D eigenvalue weighted by Crippen LogP contribution is 2.22. The fourth-order valence-electron chi connectivity index (χ4n) is 3.80. The van der Waals surface area contributed by atoms with Crippen molar-refractivity contribution < 1.29 is 13.9 Å². The summed E-state index contributed by atoms with van der Waals surface area (Å²) >= 11 is 0. The molecule has 0 bridgehead atoms. The van der Waals surface area contributed by atoms with E-state index in [0.717, 1.165) is 32.7 Å². The number of nitriles is 1. The molecule has 0 radical (unpaired) electrons. The molecule has 1 N–H and O–H groups in total. The zero-order valence-electron chi connectivity index (χ0n) is 18.9. The quantitative estimate of drug-likeness (QED) is 0.575. The third-order valence-corrected chi connectivity index (χ3v) is 5.86. The predicted octanol–water partition coefficient (Wildman–Crippen LogP) is 4.03. The van der Waals surface area contributed by atoms with E-state index in [-0.39, 0.29) is 17.8 Å². The Bertz CT molecular complexity index is 1140. The van der Waals surface area contributed by atoms with Crippen molar-refractivity contribution in [2.45, 2.75) is 19.5 Å². The number of pyridine rings is 1. The molecule has 0 saturated carbocycles. The van der Waals surface area contributed by atoms with E-state index in [4.69, 9.17) is 10.00 Å². The second kappa shape index (κ2) is 10.9. The Morgan fingerprint density at radius 1 is 1.06 bits per heavy atom. The van der Waals surface area contributed by atoms with Crippen molar-refractivity contribution in [1.29, 1.82) is 5.26 Å². The lowest BCUT2D eigenvalue weighted by Crippen LogP contribution is -2.52. The van der Waals surface area contributed by atoms with Crippen LogP contribution in [0.2, 0.25) is 0 Å². The van der Waals surface area contributed by atoms with Gasteiger partial charge in [0.2, 0.25) is 5.91 Å². The topological polar surface area (TPSA) is 81.5 Å². The van der Waals surface area contributed by atoms with Gasteiger partial charge in [0, 0.05) is 32.7 Å². The molecular formula is C26H26FN5O2. The molecule has 3 aromatic rings. The van der Waals surface area contributed by atoms with Crippen LogP contribution in [0.1, 0.15) is 18.1 Å². The predicted molar refractivity (Wildman–Crippen MR) is 127 cm³/mol. The van der Waals surface area contributed by atoms with E-state index in [1.54, 1.807) is 12.1 Å². The Labute approximate surface area is 198 Å². The maximum atomic E-state index is 13.0. The molecule has 2 heterocycles. The fraction of sp³-hybridized carbons (Fsp3) is 0.269. The summed E-state index contributed by atoms with van der Waals surface area (Å²) < 4.78 is 18.6. The first kappa shape index (κ1) is 23.4. The zero-order valence-corrected chi connectivity index (χ0v) is 18.9. The number of amides is 1. The van der Waals surface area contributed by atoms with E-state index in [1.807, 2.05) is 31.2 Å². The summed E-state index contributed by atoms with van der Waals surface area (Å²) in [5, 5.41) is 11.8. The summed E-state index contributed by atoms with van der Waals surface area (Å²) in [4.78, 5) is 21.5. The van der Waals surface area contributed by atoms with Gasteiger partial charge in [0.15, 0.2) is 0 Å². The zero-order chi connectivity index (χ0) is 23.9. The van der Waals surface area contributed by atoms with Crippen molar-refractivity contribution in [3.8, 4) is 17.6 Å². The average Bonchev–Trinajstić information content (AvgIpc) is 2.87. The standard InChI is InChI=1S/C26H26FN5O2/c1-19(32-14-12-31(13-15-32)18-21-4-2-20(16-28)3-5-21)26(33)30-25-11-10-24(17-29-25)34-23-8-6-22(27)7-9-23/h2-11,17,19H,12-15,18H2,1H3,(H,29,30,33). The van der Waals surface area contributed by atoms with E-state index in [0.29, 0.717) is 22.9 Å². The molecule has 7 nitrogen and oxygen atoms in total. The van der Waals surface area contributed by atoms with Gasteiger partial charge in [0.05, 0.1) is 23.9 Å². The lowest BCUT2D eigenvalue weighted by atomic mass is 10.1. The van der Waals surface area contributed by atoms with E-state index in [1.165, 1.54) is 36.0 Å². The number of rotatable bonds is 7. The van der Waals surface area contributed by atoms with Crippen molar-refractivity contribution >= 4 is 11.7 Å². The number of hydrogen-bond acceptors (Lipinski definition) is 6. The van der Waals surface area contributed by atoms with E-state index in [9.17, 15) is 9.18 Å². The molecule has 1 aliphatic heterocycles. The number of nitrogens with one attached hydrogen (secondary N) is 1. The third kappa shape index (κ3) is 6.16. The molecule has 2 aromatic carbocycles. The second-order valence-corrected chi connectivity index (χ2v) is 8.22. The Kier molecular flexibility index (Phi) is 7.48. The van der Waals surface area contributed by atoms with Crippen LogP contribution in [0.4, 0.5) is 10.2 Å². The molecule has 1 atom stereocenters. The SMILES string of the molecule is CC(C(=O)Nc1ccc(Oc2ccc(F)cc2)cn1)N1CCN(Cc2ccc(C#N)cc2)CC1. The molecule has 4 rings (SSSR count). The number of ether oxygens (including phenoxy) is 1. The van der Waals surface area contributed by atoms with Crippen molar-refractivity contribution in [2.75, 3.05) is 31.5 Å². The maximum absolute atomic E-state index is 13.0. The first-order chi connectivity index (χ1) is 16.5. The lowest BCUT2D eigenvalue weighted by Gasteiger charge is -2.37. The fourth-order valence-corrected chi connectivity index (χ4v) is 3.80. The van der Waals surface area contributed by atoms with Gasteiger partial charge in [0.25, 0.3) is 0 Å². The van der Waals surface area contributed by atoms with Crippen molar-refractivity contribution in [3.05, 3.63) is 83.8 Å². The summed E-state index contributed by atoms with van der Waals surface area (Å²) in [5.41, 5.74) is 1.84. The summed E-state index contributed by atoms with van der Waals surface area (Å²) in [7, 11) is 0. The average molecular weight is 460 g/mol. The number of aromatic nitrogens is 1. The second-order valence-electron chi connectivity index (χ2n) is 8.22. The summed E-state index contributed by atoms with van der Waals surface area (Å²) in [5.74, 6) is 1.01. The smallest absolute Gasteiger partial charge is 0.242 e. The molecule has 34 heavy (non-hydrogen) atoms.